The van der Waals surface area contributed by atoms with E-state index in [1.807, 2.05) is 0 Å². The summed E-state index contributed by atoms with van der Waals surface area (Å²) in [5.41, 5.74) is 0. The highest BCUT2D eigenvalue weighted by Gasteiger charge is 2.49. The topological polar surface area (TPSA) is 24.1 Å². The van der Waals surface area contributed by atoms with E-state index in [0.717, 1.165) is 23.8 Å². The Bertz CT molecular complexity index is 186. The lowest BCUT2D eigenvalue weighted by Gasteiger charge is -2.10. The fourth-order valence-corrected chi connectivity index (χ4v) is 3.58. The minimum Gasteiger partial charge on any atom is -0.315 e. The Morgan fingerprint density at radius 2 is 1.86 bits per heavy atom. The summed E-state index contributed by atoms with van der Waals surface area (Å²) in [6.45, 7) is 3.72. The Kier molecular flexibility index (Phi) is 2.50. The molecule has 2 nitrogen and oxygen atoms in total. The molecule has 1 saturated heterocycles. The molecule has 2 heteroatoms. The first-order valence-corrected chi connectivity index (χ1v) is 6.39. The van der Waals surface area contributed by atoms with Crippen LogP contribution in [-0.4, -0.2) is 25.7 Å². The summed E-state index contributed by atoms with van der Waals surface area (Å²) in [7, 11) is 0. The van der Waals surface area contributed by atoms with Gasteiger partial charge in [0, 0.05) is 12.6 Å². The molecule has 0 aromatic rings. The van der Waals surface area contributed by atoms with Crippen LogP contribution in [-0.2, 0) is 0 Å². The standard InChI is InChI=1S/C12H22N2/c1-2-4-11-10(3-1)12(11)8-14-9-5-6-13-7-9/h9-14H,1-8H2/t9-,10?,11?,12?/m0/s1. The quantitative estimate of drug-likeness (QED) is 0.709. The summed E-state index contributed by atoms with van der Waals surface area (Å²) in [5.74, 6) is 3.29. The van der Waals surface area contributed by atoms with Crippen molar-refractivity contribution in [1.82, 2.24) is 10.6 Å². The van der Waals surface area contributed by atoms with E-state index in [0.29, 0.717) is 0 Å². The zero-order valence-electron chi connectivity index (χ0n) is 8.97. The highest BCUT2D eigenvalue weighted by atomic mass is 15.0. The second kappa shape index (κ2) is 3.82. The van der Waals surface area contributed by atoms with E-state index in [4.69, 9.17) is 0 Å². The molecule has 80 valence electrons. The molecule has 14 heavy (non-hydrogen) atoms. The third-order valence-electron chi connectivity index (χ3n) is 4.54. The largest absolute Gasteiger partial charge is 0.315 e. The van der Waals surface area contributed by atoms with Crippen LogP contribution in [0.2, 0.25) is 0 Å². The van der Waals surface area contributed by atoms with Crippen molar-refractivity contribution in [2.45, 2.75) is 38.1 Å². The smallest absolute Gasteiger partial charge is 0.0204 e. The zero-order valence-corrected chi connectivity index (χ0v) is 8.97. The van der Waals surface area contributed by atoms with E-state index in [1.165, 1.54) is 51.7 Å². The van der Waals surface area contributed by atoms with Crippen LogP contribution in [0.25, 0.3) is 0 Å². The first-order chi connectivity index (χ1) is 6.95. The SMILES string of the molecule is C1CCC2C(C1)C2CN[C@H]1CCNC1. The monoisotopic (exact) mass is 194 g/mol. The molecule has 0 aromatic heterocycles. The van der Waals surface area contributed by atoms with Gasteiger partial charge in [-0.3, -0.25) is 0 Å². The zero-order chi connectivity index (χ0) is 9.38. The Morgan fingerprint density at radius 1 is 1.07 bits per heavy atom. The molecule has 2 unspecified atom stereocenters. The second-order valence-electron chi connectivity index (χ2n) is 5.37. The normalized spacial score (nSPS) is 46.3. The summed E-state index contributed by atoms with van der Waals surface area (Å²) < 4.78 is 0. The second-order valence-corrected chi connectivity index (χ2v) is 5.37. The highest BCUT2D eigenvalue weighted by molar-refractivity contribution is 5.00. The van der Waals surface area contributed by atoms with Gasteiger partial charge in [-0.1, -0.05) is 12.8 Å². The van der Waals surface area contributed by atoms with Crippen LogP contribution in [0.3, 0.4) is 0 Å². The lowest BCUT2D eigenvalue weighted by atomic mass is 10.0. The third-order valence-corrected chi connectivity index (χ3v) is 4.54. The molecule has 0 bridgehead atoms. The van der Waals surface area contributed by atoms with Gasteiger partial charge < -0.3 is 10.6 Å². The maximum absolute atomic E-state index is 3.74. The van der Waals surface area contributed by atoms with Gasteiger partial charge in [-0.25, -0.2) is 0 Å². The molecule has 1 aliphatic heterocycles. The summed E-state index contributed by atoms with van der Waals surface area (Å²) in [6.07, 6.45) is 7.40. The fraction of sp³-hybridized carbons (Fsp3) is 1.00. The van der Waals surface area contributed by atoms with Gasteiger partial charge >= 0.3 is 0 Å². The molecule has 0 radical (unpaired) electrons. The van der Waals surface area contributed by atoms with Gasteiger partial charge in [-0.05, 0) is 50.1 Å². The Morgan fingerprint density at radius 3 is 2.50 bits per heavy atom. The van der Waals surface area contributed by atoms with E-state index in [-0.39, 0.29) is 0 Å². The molecule has 0 amide bonds. The van der Waals surface area contributed by atoms with Crippen LogP contribution in [0, 0.1) is 17.8 Å². The van der Waals surface area contributed by atoms with E-state index < -0.39 is 0 Å². The van der Waals surface area contributed by atoms with E-state index in [2.05, 4.69) is 10.6 Å². The average molecular weight is 194 g/mol. The van der Waals surface area contributed by atoms with Crippen molar-refractivity contribution in [1.29, 1.82) is 0 Å². The summed E-state index contributed by atoms with van der Waals surface area (Å²) in [4.78, 5) is 0. The molecule has 3 fully saturated rings. The summed E-state index contributed by atoms with van der Waals surface area (Å²) >= 11 is 0. The molecular formula is C12H22N2. The molecule has 2 saturated carbocycles. The molecule has 3 aliphatic rings. The number of rotatable bonds is 3. The number of nitrogens with one attached hydrogen (secondary N) is 2. The van der Waals surface area contributed by atoms with Crippen LogP contribution in [0.15, 0.2) is 0 Å². The van der Waals surface area contributed by atoms with Gasteiger partial charge in [0.2, 0.25) is 0 Å². The van der Waals surface area contributed by atoms with E-state index in [1.54, 1.807) is 0 Å². The molecule has 2 N–H and O–H groups in total. The third kappa shape index (κ3) is 1.70. The van der Waals surface area contributed by atoms with E-state index in [9.17, 15) is 0 Å². The maximum Gasteiger partial charge on any atom is 0.0204 e. The predicted molar refractivity (Wildman–Crippen MR) is 58.2 cm³/mol. The summed E-state index contributed by atoms with van der Waals surface area (Å²) in [5, 5.41) is 7.15. The maximum atomic E-state index is 3.74. The molecule has 1 heterocycles. The van der Waals surface area contributed by atoms with Gasteiger partial charge in [0.25, 0.3) is 0 Å². The predicted octanol–water partition coefficient (Wildman–Crippen LogP) is 1.37. The molecule has 0 aromatic carbocycles. The van der Waals surface area contributed by atoms with Crippen LogP contribution in [0.4, 0.5) is 0 Å². The lowest BCUT2D eigenvalue weighted by Crippen LogP contribution is -2.32. The molecule has 3 rings (SSSR count). The number of hydrogen-bond donors (Lipinski definition) is 2. The van der Waals surface area contributed by atoms with Crippen molar-refractivity contribution in [2.24, 2.45) is 17.8 Å². The Balaban J connectivity index is 1.41. The van der Waals surface area contributed by atoms with Crippen molar-refractivity contribution < 1.29 is 0 Å². The molecule has 3 atom stereocenters. The Labute approximate surface area is 86.8 Å². The van der Waals surface area contributed by atoms with Crippen LogP contribution in [0.5, 0.6) is 0 Å². The van der Waals surface area contributed by atoms with Crippen molar-refractivity contribution in [3.05, 3.63) is 0 Å². The van der Waals surface area contributed by atoms with Crippen molar-refractivity contribution in [3.8, 4) is 0 Å². The fourth-order valence-electron chi connectivity index (χ4n) is 3.58. The minimum absolute atomic E-state index is 0.776. The van der Waals surface area contributed by atoms with Gasteiger partial charge in [0.05, 0.1) is 0 Å². The molecule has 0 spiro atoms. The molecular weight excluding hydrogens is 172 g/mol. The summed E-state index contributed by atoms with van der Waals surface area (Å²) in [6, 6.07) is 0.776. The Hall–Kier alpha value is -0.0800. The first kappa shape index (κ1) is 9.17. The number of hydrogen-bond acceptors (Lipinski definition) is 2. The minimum atomic E-state index is 0.776. The van der Waals surface area contributed by atoms with Crippen LogP contribution >= 0.6 is 0 Å². The van der Waals surface area contributed by atoms with Gasteiger partial charge in [0.15, 0.2) is 0 Å². The average Bonchev–Trinajstić information content (AvgIpc) is 2.69. The molecule has 2 aliphatic carbocycles. The van der Waals surface area contributed by atoms with Gasteiger partial charge in [-0.2, -0.15) is 0 Å². The first-order valence-electron chi connectivity index (χ1n) is 6.39. The van der Waals surface area contributed by atoms with Crippen molar-refractivity contribution >= 4 is 0 Å². The van der Waals surface area contributed by atoms with Crippen molar-refractivity contribution in [3.63, 3.8) is 0 Å². The lowest BCUT2D eigenvalue weighted by molar-refractivity contribution is 0.480. The number of fused-ring (bicyclic) bond motifs is 1. The van der Waals surface area contributed by atoms with Crippen LogP contribution in [0.1, 0.15) is 32.1 Å². The van der Waals surface area contributed by atoms with Crippen LogP contribution < -0.4 is 10.6 Å². The van der Waals surface area contributed by atoms with Gasteiger partial charge in [0.1, 0.15) is 0 Å². The van der Waals surface area contributed by atoms with Gasteiger partial charge in [-0.15, -0.1) is 0 Å². The van der Waals surface area contributed by atoms with Crippen molar-refractivity contribution in [2.75, 3.05) is 19.6 Å². The highest BCUT2D eigenvalue weighted by Crippen LogP contribution is 2.54. The van der Waals surface area contributed by atoms with E-state index >= 15 is 0 Å².